The Bertz CT molecular complexity index is 2750. The molecule has 5 nitrogen and oxygen atoms in total. The van der Waals surface area contributed by atoms with Gasteiger partial charge >= 0.3 is 0 Å². The summed E-state index contributed by atoms with van der Waals surface area (Å²) in [6, 6.07) is 65.4. The van der Waals surface area contributed by atoms with Gasteiger partial charge in [-0.3, -0.25) is 4.99 Å². The lowest BCUT2D eigenvalue weighted by Crippen LogP contribution is -2.07. The summed E-state index contributed by atoms with van der Waals surface area (Å²) >= 11 is 0. The Kier molecular flexibility index (Phi) is 8.35. The number of benzene rings is 7. The van der Waals surface area contributed by atoms with Crippen LogP contribution < -0.4 is 0 Å². The molecule has 0 saturated heterocycles. The third-order valence-corrected chi connectivity index (χ3v) is 9.71. The van der Waals surface area contributed by atoms with Gasteiger partial charge in [0.25, 0.3) is 0 Å². The molecule has 7 aromatic carbocycles. The van der Waals surface area contributed by atoms with Crippen LogP contribution in [0, 0.1) is 0 Å². The lowest BCUT2D eigenvalue weighted by atomic mass is 10.1. The standard InChI is InChI=1S/C48H35N5/c1-49-47(51-48(36-22-9-4-10-23-36)50-33-34-18-5-2-6-19-34)37-24-17-25-38(32-37)52-44-31-16-13-28-41(44)46(45(52)35-20-7-3-8-21-35)53-42-29-14-11-26-39(42)40-27-12-15-30-43(40)53/h2-32H,1,33H2. The van der Waals surface area contributed by atoms with Gasteiger partial charge in [0.15, 0.2) is 11.7 Å². The molecule has 2 aromatic heterocycles. The maximum absolute atomic E-state index is 5.07. The zero-order chi connectivity index (χ0) is 35.6. The van der Waals surface area contributed by atoms with Crippen molar-refractivity contribution < 1.29 is 0 Å². The van der Waals surface area contributed by atoms with Crippen molar-refractivity contribution in [1.29, 1.82) is 0 Å². The maximum atomic E-state index is 5.07. The number of nitrogens with zero attached hydrogens (tertiary/aromatic N) is 5. The summed E-state index contributed by atoms with van der Waals surface area (Å²) in [4.78, 5) is 14.5. The molecule has 53 heavy (non-hydrogen) atoms. The highest BCUT2D eigenvalue weighted by Gasteiger charge is 2.24. The van der Waals surface area contributed by atoms with E-state index in [1.54, 1.807) is 0 Å². The minimum absolute atomic E-state index is 0.500. The predicted octanol–water partition coefficient (Wildman–Crippen LogP) is 11.5. The molecule has 9 rings (SSSR count). The van der Waals surface area contributed by atoms with Crippen molar-refractivity contribution in [2.75, 3.05) is 0 Å². The van der Waals surface area contributed by atoms with Crippen LogP contribution in [0.15, 0.2) is 203 Å². The first-order valence-corrected chi connectivity index (χ1v) is 17.8. The molecule has 0 bridgehead atoms. The Morgan fingerprint density at radius 2 is 1.00 bits per heavy atom. The maximum Gasteiger partial charge on any atom is 0.161 e. The van der Waals surface area contributed by atoms with Gasteiger partial charge in [-0.25, -0.2) is 9.98 Å². The minimum Gasteiger partial charge on any atom is -0.307 e. The van der Waals surface area contributed by atoms with Crippen LogP contribution in [0.25, 0.3) is 55.3 Å². The molecule has 0 aliphatic rings. The smallest absolute Gasteiger partial charge is 0.161 e. The van der Waals surface area contributed by atoms with Gasteiger partial charge in [0.1, 0.15) is 0 Å². The van der Waals surface area contributed by atoms with Gasteiger partial charge in [-0.2, -0.15) is 0 Å². The Morgan fingerprint density at radius 3 is 1.64 bits per heavy atom. The van der Waals surface area contributed by atoms with Crippen LogP contribution >= 0.6 is 0 Å². The molecule has 0 unspecified atom stereocenters. The van der Waals surface area contributed by atoms with Crippen LogP contribution in [0.4, 0.5) is 0 Å². The van der Waals surface area contributed by atoms with Gasteiger partial charge < -0.3 is 9.13 Å². The molecule has 9 aromatic rings. The summed E-state index contributed by atoms with van der Waals surface area (Å²) < 4.78 is 4.80. The average Bonchev–Trinajstić information content (AvgIpc) is 3.75. The van der Waals surface area contributed by atoms with Crippen molar-refractivity contribution in [1.82, 2.24) is 9.13 Å². The number of para-hydroxylation sites is 3. The summed E-state index contributed by atoms with van der Waals surface area (Å²) in [5, 5.41) is 3.60. The van der Waals surface area contributed by atoms with E-state index in [2.05, 4.69) is 154 Å². The SMILES string of the molecule is C=NC(=NC(=NCc1ccccc1)c1ccccc1)c1cccc(-n2c(-c3ccccc3)c(-n3c4ccccc4c4ccccc43)c3ccccc32)c1. The molecule has 0 N–H and O–H groups in total. The van der Waals surface area contributed by atoms with E-state index < -0.39 is 0 Å². The van der Waals surface area contributed by atoms with Crippen LogP contribution in [0.2, 0.25) is 0 Å². The number of hydrogen-bond acceptors (Lipinski definition) is 1. The van der Waals surface area contributed by atoms with Crippen molar-refractivity contribution in [3.8, 4) is 22.6 Å². The van der Waals surface area contributed by atoms with Crippen LogP contribution in [0.5, 0.6) is 0 Å². The Hall–Kier alpha value is -7.11. The lowest BCUT2D eigenvalue weighted by Gasteiger charge is -2.16. The summed E-state index contributed by atoms with van der Waals surface area (Å²) in [5.74, 6) is 1.11. The van der Waals surface area contributed by atoms with Crippen molar-refractivity contribution in [2.24, 2.45) is 15.0 Å². The van der Waals surface area contributed by atoms with E-state index in [4.69, 9.17) is 9.98 Å². The first kappa shape index (κ1) is 31.8. The number of amidine groups is 2. The van der Waals surface area contributed by atoms with Crippen LogP contribution in [-0.2, 0) is 6.54 Å². The fraction of sp³-hybridized carbons (Fsp3) is 0.0208. The molecule has 0 saturated carbocycles. The molecule has 0 spiro atoms. The van der Waals surface area contributed by atoms with Crippen LogP contribution in [0.3, 0.4) is 0 Å². The normalized spacial score (nSPS) is 12.2. The van der Waals surface area contributed by atoms with Gasteiger partial charge in [-0.1, -0.05) is 158 Å². The fourth-order valence-electron chi connectivity index (χ4n) is 7.35. The van der Waals surface area contributed by atoms with E-state index in [9.17, 15) is 0 Å². The van der Waals surface area contributed by atoms with E-state index in [0.29, 0.717) is 18.2 Å². The Labute approximate surface area is 308 Å². The van der Waals surface area contributed by atoms with Crippen LogP contribution in [-0.4, -0.2) is 27.5 Å². The quantitative estimate of drug-likeness (QED) is 0.119. The zero-order valence-electron chi connectivity index (χ0n) is 29.0. The minimum atomic E-state index is 0.500. The van der Waals surface area contributed by atoms with Crippen molar-refractivity contribution in [3.63, 3.8) is 0 Å². The topological polar surface area (TPSA) is 46.9 Å². The van der Waals surface area contributed by atoms with Gasteiger partial charge in [0.2, 0.25) is 0 Å². The second-order valence-corrected chi connectivity index (χ2v) is 12.9. The first-order chi connectivity index (χ1) is 26.3. The molecule has 252 valence electrons. The molecular formula is C48H35N5. The van der Waals surface area contributed by atoms with E-state index in [1.165, 1.54) is 10.8 Å². The molecule has 0 amide bonds. The van der Waals surface area contributed by atoms with E-state index >= 15 is 0 Å². The lowest BCUT2D eigenvalue weighted by molar-refractivity contribution is 1.06. The molecule has 5 heteroatoms. The van der Waals surface area contributed by atoms with Gasteiger partial charge in [0, 0.05) is 38.5 Å². The summed E-state index contributed by atoms with van der Waals surface area (Å²) in [7, 11) is 0. The Morgan fingerprint density at radius 1 is 0.472 bits per heavy atom. The molecule has 0 fully saturated rings. The molecule has 0 radical (unpaired) electrons. The molecule has 0 aliphatic heterocycles. The highest BCUT2D eigenvalue weighted by molar-refractivity contribution is 6.14. The third-order valence-electron chi connectivity index (χ3n) is 9.71. The van der Waals surface area contributed by atoms with E-state index in [-0.39, 0.29) is 0 Å². The fourth-order valence-corrected chi connectivity index (χ4v) is 7.35. The second kappa shape index (κ2) is 13.9. The van der Waals surface area contributed by atoms with Crippen molar-refractivity contribution >= 4 is 51.1 Å². The largest absolute Gasteiger partial charge is 0.307 e. The van der Waals surface area contributed by atoms with Crippen molar-refractivity contribution in [3.05, 3.63) is 205 Å². The Balaban J connectivity index is 1.27. The van der Waals surface area contributed by atoms with Gasteiger partial charge in [-0.05, 0) is 42.6 Å². The molecular weight excluding hydrogens is 647 g/mol. The molecule has 0 aliphatic carbocycles. The number of aromatic nitrogens is 2. The monoisotopic (exact) mass is 681 g/mol. The van der Waals surface area contributed by atoms with Gasteiger partial charge in [0.05, 0.1) is 34.5 Å². The predicted molar refractivity (Wildman–Crippen MR) is 222 cm³/mol. The second-order valence-electron chi connectivity index (χ2n) is 12.9. The highest BCUT2D eigenvalue weighted by Crippen LogP contribution is 2.43. The summed E-state index contributed by atoms with van der Waals surface area (Å²) in [6.45, 7) is 4.47. The molecule has 2 heterocycles. The highest BCUT2D eigenvalue weighted by atomic mass is 15.1. The van der Waals surface area contributed by atoms with Crippen molar-refractivity contribution in [2.45, 2.75) is 6.54 Å². The number of fused-ring (bicyclic) bond motifs is 4. The van der Waals surface area contributed by atoms with E-state index in [1.807, 2.05) is 54.6 Å². The van der Waals surface area contributed by atoms with Gasteiger partial charge in [-0.15, -0.1) is 0 Å². The summed E-state index contributed by atoms with van der Waals surface area (Å²) in [5.41, 5.74) is 10.6. The average molecular weight is 682 g/mol. The first-order valence-electron chi connectivity index (χ1n) is 17.8. The zero-order valence-corrected chi connectivity index (χ0v) is 29.0. The van der Waals surface area contributed by atoms with Crippen LogP contribution in [0.1, 0.15) is 16.7 Å². The third kappa shape index (κ3) is 5.84. The number of rotatable bonds is 7. The van der Waals surface area contributed by atoms with E-state index in [0.717, 1.165) is 61.3 Å². The number of hydrogen-bond donors (Lipinski definition) is 0. The molecule has 0 atom stereocenters. The summed E-state index contributed by atoms with van der Waals surface area (Å²) in [6.07, 6.45) is 0. The number of aliphatic imine (C=N–C) groups is 3.